The first-order chi connectivity index (χ1) is 8.00. The van der Waals surface area contributed by atoms with Crippen molar-refractivity contribution >= 4 is 22.8 Å². The quantitative estimate of drug-likeness (QED) is 0.818. The van der Waals surface area contributed by atoms with Gasteiger partial charge in [-0.2, -0.15) is 0 Å². The summed E-state index contributed by atoms with van der Waals surface area (Å²) < 4.78 is 0. The molecule has 17 heavy (non-hydrogen) atoms. The number of amides is 1. The molecule has 1 aromatic rings. The highest BCUT2D eigenvalue weighted by molar-refractivity contribution is 6.64. The molecule has 1 heterocycles. The fraction of sp³-hybridized carbons (Fsp3) is 0.417. The number of aromatic nitrogens is 1. The maximum absolute atomic E-state index is 11.8. The number of rotatable bonds is 5. The molecule has 1 unspecified atom stereocenters. The van der Waals surface area contributed by atoms with E-state index < -0.39 is 11.3 Å². The van der Waals surface area contributed by atoms with Crippen LogP contribution in [0.5, 0.6) is 0 Å². The summed E-state index contributed by atoms with van der Waals surface area (Å²) >= 11 is 5.45. The van der Waals surface area contributed by atoms with Crippen LogP contribution in [0.15, 0.2) is 24.5 Å². The third-order valence-corrected chi connectivity index (χ3v) is 2.47. The second-order valence-electron chi connectivity index (χ2n) is 4.20. The van der Waals surface area contributed by atoms with Crippen LogP contribution in [0.3, 0.4) is 0 Å². The number of hydrogen-bond donors (Lipinski definition) is 1. The summed E-state index contributed by atoms with van der Waals surface area (Å²) in [5.74, 6) is -0.0605. The van der Waals surface area contributed by atoms with Gasteiger partial charge in [0.15, 0.2) is 0 Å². The Labute approximate surface area is 105 Å². The molecule has 5 heteroatoms. The molecule has 1 amide bonds. The van der Waals surface area contributed by atoms with E-state index in [0.717, 1.165) is 0 Å². The van der Waals surface area contributed by atoms with Crippen LogP contribution >= 0.6 is 11.6 Å². The van der Waals surface area contributed by atoms with Crippen molar-refractivity contribution in [3.05, 3.63) is 30.1 Å². The van der Waals surface area contributed by atoms with Gasteiger partial charge in [0, 0.05) is 12.4 Å². The van der Waals surface area contributed by atoms with Gasteiger partial charge < -0.3 is 5.32 Å². The number of nitrogens with zero attached hydrogens (tertiary/aromatic N) is 1. The summed E-state index contributed by atoms with van der Waals surface area (Å²) in [6.45, 7) is 3.92. The SMILES string of the molecule is CC(C)CC(NC(=O)c1cccnc1)C(=O)Cl. The molecule has 0 radical (unpaired) electrons. The summed E-state index contributed by atoms with van der Waals surface area (Å²) in [6.07, 6.45) is 3.55. The number of nitrogens with one attached hydrogen (secondary N) is 1. The minimum absolute atomic E-state index is 0.275. The smallest absolute Gasteiger partial charge is 0.253 e. The van der Waals surface area contributed by atoms with E-state index in [9.17, 15) is 9.59 Å². The molecule has 0 saturated heterocycles. The van der Waals surface area contributed by atoms with Crippen LogP contribution in [-0.4, -0.2) is 22.2 Å². The molecule has 4 nitrogen and oxygen atoms in total. The van der Waals surface area contributed by atoms with Gasteiger partial charge in [-0.15, -0.1) is 0 Å². The van der Waals surface area contributed by atoms with Gasteiger partial charge in [0.05, 0.1) is 5.56 Å². The maximum atomic E-state index is 11.8. The lowest BCUT2D eigenvalue weighted by Crippen LogP contribution is -2.39. The summed E-state index contributed by atoms with van der Waals surface area (Å²) in [6, 6.07) is 2.65. The second kappa shape index (κ2) is 6.35. The molecule has 1 atom stereocenters. The highest BCUT2D eigenvalue weighted by Crippen LogP contribution is 2.08. The van der Waals surface area contributed by atoms with Crippen molar-refractivity contribution < 1.29 is 9.59 Å². The van der Waals surface area contributed by atoms with Gasteiger partial charge in [-0.25, -0.2) is 0 Å². The normalized spacial score (nSPS) is 12.2. The molecule has 0 fully saturated rings. The summed E-state index contributed by atoms with van der Waals surface area (Å²) in [4.78, 5) is 26.8. The Morgan fingerprint density at radius 1 is 1.47 bits per heavy atom. The molecule has 1 aromatic heterocycles. The summed E-state index contributed by atoms with van der Waals surface area (Å²) in [7, 11) is 0. The first-order valence-corrected chi connectivity index (χ1v) is 5.78. The Morgan fingerprint density at radius 3 is 2.65 bits per heavy atom. The van der Waals surface area contributed by atoms with Gasteiger partial charge >= 0.3 is 0 Å². The molecule has 0 aliphatic heterocycles. The van der Waals surface area contributed by atoms with E-state index in [1.54, 1.807) is 18.3 Å². The van der Waals surface area contributed by atoms with Gasteiger partial charge in [0.25, 0.3) is 5.91 Å². The fourth-order valence-corrected chi connectivity index (χ4v) is 1.56. The maximum Gasteiger partial charge on any atom is 0.253 e. The molecule has 0 spiro atoms. The highest BCUT2D eigenvalue weighted by atomic mass is 35.5. The summed E-state index contributed by atoms with van der Waals surface area (Å²) in [5, 5.41) is 2.06. The molecule has 0 aliphatic rings. The van der Waals surface area contributed by atoms with E-state index in [0.29, 0.717) is 12.0 Å². The van der Waals surface area contributed by atoms with E-state index in [2.05, 4.69) is 10.3 Å². The van der Waals surface area contributed by atoms with Crippen molar-refractivity contribution in [3.8, 4) is 0 Å². The van der Waals surface area contributed by atoms with Crippen LogP contribution in [0.1, 0.15) is 30.6 Å². The van der Waals surface area contributed by atoms with Gasteiger partial charge in [-0.3, -0.25) is 14.6 Å². The van der Waals surface area contributed by atoms with E-state index in [4.69, 9.17) is 11.6 Å². The average Bonchev–Trinajstić information content (AvgIpc) is 2.28. The highest BCUT2D eigenvalue weighted by Gasteiger charge is 2.20. The first kappa shape index (κ1) is 13.6. The summed E-state index contributed by atoms with van der Waals surface area (Å²) in [5.41, 5.74) is 0.416. The van der Waals surface area contributed by atoms with E-state index in [1.807, 2.05) is 13.8 Å². The fourth-order valence-electron chi connectivity index (χ4n) is 1.42. The third kappa shape index (κ3) is 4.53. The van der Waals surface area contributed by atoms with Crippen molar-refractivity contribution in [2.24, 2.45) is 5.92 Å². The van der Waals surface area contributed by atoms with Gasteiger partial charge in [0.2, 0.25) is 5.24 Å². The monoisotopic (exact) mass is 254 g/mol. The predicted molar refractivity (Wildman–Crippen MR) is 65.8 cm³/mol. The van der Waals surface area contributed by atoms with E-state index >= 15 is 0 Å². The Hall–Kier alpha value is -1.42. The van der Waals surface area contributed by atoms with Crippen molar-refractivity contribution in [2.45, 2.75) is 26.3 Å². The van der Waals surface area contributed by atoms with Crippen molar-refractivity contribution in [1.29, 1.82) is 0 Å². The van der Waals surface area contributed by atoms with E-state index in [-0.39, 0.29) is 11.8 Å². The molecule has 0 aromatic carbocycles. The number of pyridine rings is 1. The Bertz CT molecular complexity index is 393. The zero-order chi connectivity index (χ0) is 12.8. The van der Waals surface area contributed by atoms with Crippen LogP contribution < -0.4 is 5.32 Å². The molecule has 92 valence electrons. The van der Waals surface area contributed by atoms with Gasteiger partial charge in [-0.1, -0.05) is 13.8 Å². The van der Waals surface area contributed by atoms with Crippen molar-refractivity contribution in [1.82, 2.24) is 10.3 Å². The molecule has 0 bridgehead atoms. The molecule has 1 rings (SSSR count). The zero-order valence-corrected chi connectivity index (χ0v) is 10.6. The largest absolute Gasteiger partial charge is 0.341 e. The third-order valence-electron chi connectivity index (χ3n) is 2.21. The molecule has 0 saturated carbocycles. The van der Waals surface area contributed by atoms with Crippen molar-refractivity contribution in [2.75, 3.05) is 0 Å². The van der Waals surface area contributed by atoms with Crippen LogP contribution in [-0.2, 0) is 4.79 Å². The predicted octanol–water partition coefficient (Wildman–Crippen LogP) is 1.99. The van der Waals surface area contributed by atoms with Crippen LogP contribution in [0.4, 0.5) is 0 Å². The molecular weight excluding hydrogens is 240 g/mol. The van der Waals surface area contributed by atoms with Crippen LogP contribution in [0.2, 0.25) is 0 Å². The lowest BCUT2D eigenvalue weighted by Gasteiger charge is -2.16. The molecule has 0 aliphatic carbocycles. The lowest BCUT2D eigenvalue weighted by molar-refractivity contribution is -0.113. The lowest BCUT2D eigenvalue weighted by atomic mass is 10.0. The Balaban J connectivity index is 2.68. The minimum Gasteiger partial charge on any atom is -0.341 e. The number of halogens is 1. The van der Waals surface area contributed by atoms with Gasteiger partial charge in [0.1, 0.15) is 6.04 Å². The number of hydrogen-bond acceptors (Lipinski definition) is 3. The average molecular weight is 255 g/mol. The van der Waals surface area contributed by atoms with Crippen molar-refractivity contribution in [3.63, 3.8) is 0 Å². The standard InChI is InChI=1S/C12H15ClN2O2/c1-8(2)6-10(11(13)16)15-12(17)9-4-3-5-14-7-9/h3-5,7-8,10H,6H2,1-2H3,(H,15,17). The topological polar surface area (TPSA) is 59.1 Å². The minimum atomic E-state index is -0.649. The number of carbonyl (C=O) groups is 2. The van der Waals surface area contributed by atoms with Crippen LogP contribution in [0.25, 0.3) is 0 Å². The Kier molecular flexibility index (Phi) is 5.10. The number of carbonyl (C=O) groups excluding carboxylic acids is 2. The van der Waals surface area contributed by atoms with Crippen LogP contribution in [0, 0.1) is 5.92 Å². The zero-order valence-electron chi connectivity index (χ0n) is 9.81. The first-order valence-electron chi connectivity index (χ1n) is 5.41. The Morgan fingerprint density at radius 2 is 2.18 bits per heavy atom. The van der Waals surface area contributed by atoms with E-state index in [1.165, 1.54) is 6.20 Å². The molecule has 1 N–H and O–H groups in total. The second-order valence-corrected chi connectivity index (χ2v) is 4.57. The van der Waals surface area contributed by atoms with Gasteiger partial charge in [-0.05, 0) is 36.1 Å². The molecular formula is C12H15ClN2O2.